The predicted octanol–water partition coefficient (Wildman–Crippen LogP) is 1.21. The Hall–Kier alpha value is -1.91. The topological polar surface area (TPSA) is 107 Å². The maximum Gasteiger partial charge on any atom is 0.329 e. The van der Waals surface area contributed by atoms with Crippen LogP contribution < -0.4 is 4.72 Å². The summed E-state index contributed by atoms with van der Waals surface area (Å²) in [5.74, 6) is -1.33. The summed E-state index contributed by atoms with van der Waals surface area (Å²) in [6.07, 6.45) is 0.0797. The third-order valence-electron chi connectivity index (χ3n) is 3.01. The largest absolute Gasteiger partial charge is 0.480 e. The molecule has 2 atom stereocenters. The number of hydrogen-bond donors (Lipinski definition) is 2. The molecule has 0 aliphatic carbocycles. The van der Waals surface area contributed by atoms with Gasteiger partial charge in [0, 0.05) is 0 Å². The number of carboxylic acids is 1. The Bertz CT molecular complexity index is 622. The standard InChI is InChI=1S/C13H16N2O4S/c1-3-11(9-14)20(18,19)15-13(2,12(16)17)10-7-5-4-6-8-10/h4-8,11,15H,3H2,1-2H3,(H,16,17). The van der Waals surface area contributed by atoms with Gasteiger partial charge in [-0.15, -0.1) is 0 Å². The molecule has 0 aromatic heterocycles. The van der Waals surface area contributed by atoms with Crippen LogP contribution in [0.3, 0.4) is 0 Å². The second-order valence-corrected chi connectivity index (χ2v) is 6.33. The molecule has 6 nitrogen and oxygen atoms in total. The normalized spacial score (nSPS) is 15.8. The number of carboxylic acid groups (broad SMARTS) is 1. The lowest BCUT2D eigenvalue weighted by molar-refractivity contribution is -0.143. The molecule has 7 heteroatoms. The van der Waals surface area contributed by atoms with Crippen molar-refractivity contribution in [2.45, 2.75) is 31.1 Å². The molecule has 1 aromatic carbocycles. The highest BCUT2D eigenvalue weighted by Crippen LogP contribution is 2.23. The summed E-state index contributed by atoms with van der Waals surface area (Å²) in [4.78, 5) is 11.5. The van der Waals surface area contributed by atoms with E-state index in [1.165, 1.54) is 19.1 Å². The van der Waals surface area contributed by atoms with Gasteiger partial charge in [-0.25, -0.2) is 13.2 Å². The van der Waals surface area contributed by atoms with Gasteiger partial charge in [0.2, 0.25) is 10.0 Å². The highest BCUT2D eigenvalue weighted by Gasteiger charge is 2.41. The zero-order chi connectivity index (χ0) is 15.4. The second-order valence-electron chi connectivity index (χ2n) is 4.47. The van der Waals surface area contributed by atoms with E-state index >= 15 is 0 Å². The molecule has 0 saturated heterocycles. The van der Waals surface area contributed by atoms with Crippen molar-refractivity contribution in [2.75, 3.05) is 0 Å². The summed E-state index contributed by atoms with van der Waals surface area (Å²) in [5.41, 5.74) is -1.52. The molecule has 2 unspecified atom stereocenters. The van der Waals surface area contributed by atoms with E-state index in [1.54, 1.807) is 31.2 Å². The van der Waals surface area contributed by atoms with Gasteiger partial charge in [0.15, 0.2) is 10.8 Å². The molecule has 0 aliphatic rings. The first-order chi connectivity index (χ1) is 9.28. The van der Waals surface area contributed by atoms with Gasteiger partial charge in [-0.1, -0.05) is 37.3 Å². The van der Waals surface area contributed by atoms with Crippen LogP contribution in [0, 0.1) is 11.3 Å². The molecular formula is C13H16N2O4S. The van der Waals surface area contributed by atoms with Crippen molar-refractivity contribution in [3.8, 4) is 6.07 Å². The number of nitrogens with one attached hydrogen (secondary N) is 1. The van der Waals surface area contributed by atoms with E-state index in [1.807, 2.05) is 0 Å². The van der Waals surface area contributed by atoms with Crippen LogP contribution in [0.25, 0.3) is 0 Å². The Labute approximate surface area is 118 Å². The molecule has 0 fully saturated rings. The Morgan fingerprint density at radius 1 is 1.45 bits per heavy atom. The maximum atomic E-state index is 12.1. The van der Waals surface area contributed by atoms with Crippen molar-refractivity contribution in [1.29, 1.82) is 5.26 Å². The van der Waals surface area contributed by atoms with Crippen LogP contribution in [0.1, 0.15) is 25.8 Å². The van der Waals surface area contributed by atoms with Crippen LogP contribution in [-0.2, 0) is 20.4 Å². The van der Waals surface area contributed by atoms with Crippen molar-refractivity contribution < 1.29 is 18.3 Å². The van der Waals surface area contributed by atoms with Gasteiger partial charge in [0.05, 0.1) is 6.07 Å². The zero-order valence-electron chi connectivity index (χ0n) is 11.2. The van der Waals surface area contributed by atoms with E-state index in [4.69, 9.17) is 5.26 Å². The molecule has 1 rings (SSSR count). The Morgan fingerprint density at radius 2 is 2.00 bits per heavy atom. The Kier molecular flexibility index (Phi) is 4.87. The number of sulfonamides is 1. The SMILES string of the molecule is CCC(C#N)S(=O)(=O)NC(C)(C(=O)O)c1ccccc1. The number of aliphatic carboxylic acids is 1. The fourth-order valence-corrected chi connectivity index (χ4v) is 3.23. The number of nitriles is 1. The molecule has 2 N–H and O–H groups in total. The summed E-state index contributed by atoms with van der Waals surface area (Å²) >= 11 is 0. The average Bonchev–Trinajstić information content (AvgIpc) is 2.39. The predicted molar refractivity (Wildman–Crippen MR) is 73.2 cm³/mol. The minimum atomic E-state index is -4.07. The lowest BCUT2D eigenvalue weighted by atomic mass is 9.94. The average molecular weight is 296 g/mol. The highest BCUT2D eigenvalue weighted by molar-refractivity contribution is 7.90. The Morgan fingerprint density at radius 3 is 2.40 bits per heavy atom. The third-order valence-corrected chi connectivity index (χ3v) is 4.90. The summed E-state index contributed by atoms with van der Waals surface area (Å²) in [6.45, 7) is 2.81. The summed E-state index contributed by atoms with van der Waals surface area (Å²) < 4.78 is 26.3. The van der Waals surface area contributed by atoms with Crippen LogP contribution in [0.2, 0.25) is 0 Å². The lowest BCUT2D eigenvalue weighted by Gasteiger charge is -2.27. The van der Waals surface area contributed by atoms with Gasteiger partial charge in [0.25, 0.3) is 0 Å². The van der Waals surface area contributed by atoms with Gasteiger partial charge >= 0.3 is 5.97 Å². The first kappa shape index (κ1) is 16.1. The fourth-order valence-electron chi connectivity index (χ4n) is 1.73. The quantitative estimate of drug-likeness (QED) is 0.820. The monoisotopic (exact) mass is 296 g/mol. The van der Waals surface area contributed by atoms with E-state index < -0.39 is 26.8 Å². The van der Waals surface area contributed by atoms with E-state index in [0.717, 1.165) is 0 Å². The second kappa shape index (κ2) is 6.03. The number of rotatable bonds is 6. The molecular weight excluding hydrogens is 280 g/mol. The minimum Gasteiger partial charge on any atom is -0.480 e. The highest BCUT2D eigenvalue weighted by atomic mass is 32.2. The van der Waals surface area contributed by atoms with Crippen LogP contribution in [-0.4, -0.2) is 24.7 Å². The van der Waals surface area contributed by atoms with Crippen molar-refractivity contribution in [3.05, 3.63) is 35.9 Å². The molecule has 0 amide bonds. The first-order valence-corrected chi connectivity index (χ1v) is 7.54. The van der Waals surface area contributed by atoms with Gasteiger partial charge in [-0.3, -0.25) is 0 Å². The molecule has 0 spiro atoms. The third kappa shape index (κ3) is 3.15. The molecule has 0 saturated carbocycles. The molecule has 1 aromatic rings. The molecule has 0 heterocycles. The van der Waals surface area contributed by atoms with Crippen molar-refractivity contribution in [1.82, 2.24) is 4.72 Å². The van der Waals surface area contributed by atoms with Gasteiger partial charge in [0.1, 0.15) is 0 Å². The van der Waals surface area contributed by atoms with Crippen LogP contribution >= 0.6 is 0 Å². The number of hydrogen-bond acceptors (Lipinski definition) is 4. The summed E-state index contributed by atoms with van der Waals surface area (Å²) in [7, 11) is -4.07. The number of benzene rings is 1. The van der Waals surface area contributed by atoms with Crippen LogP contribution in [0.15, 0.2) is 30.3 Å². The number of nitrogens with zero attached hydrogens (tertiary/aromatic N) is 1. The first-order valence-electron chi connectivity index (χ1n) is 5.99. The minimum absolute atomic E-state index is 0.0797. The van der Waals surface area contributed by atoms with Gasteiger partial charge in [-0.2, -0.15) is 9.98 Å². The van der Waals surface area contributed by atoms with Crippen molar-refractivity contribution >= 4 is 16.0 Å². The Balaban J connectivity index is 3.25. The number of carbonyl (C=O) groups is 1. The lowest BCUT2D eigenvalue weighted by Crippen LogP contribution is -2.51. The molecule has 108 valence electrons. The van der Waals surface area contributed by atoms with Gasteiger partial charge < -0.3 is 5.11 Å². The van der Waals surface area contributed by atoms with E-state index in [9.17, 15) is 18.3 Å². The van der Waals surface area contributed by atoms with Gasteiger partial charge in [-0.05, 0) is 18.9 Å². The summed E-state index contributed by atoms with van der Waals surface area (Å²) in [5, 5.41) is 16.9. The molecule has 0 radical (unpaired) electrons. The molecule has 0 aliphatic heterocycles. The smallest absolute Gasteiger partial charge is 0.329 e. The fraction of sp³-hybridized carbons (Fsp3) is 0.385. The summed E-state index contributed by atoms with van der Waals surface area (Å²) in [6, 6.07) is 9.63. The van der Waals surface area contributed by atoms with E-state index in [0.29, 0.717) is 5.56 Å². The van der Waals surface area contributed by atoms with Crippen LogP contribution in [0.4, 0.5) is 0 Å². The van der Waals surface area contributed by atoms with E-state index in [2.05, 4.69) is 4.72 Å². The van der Waals surface area contributed by atoms with Crippen molar-refractivity contribution in [3.63, 3.8) is 0 Å². The molecule has 20 heavy (non-hydrogen) atoms. The maximum absolute atomic E-state index is 12.1. The zero-order valence-corrected chi connectivity index (χ0v) is 12.0. The van der Waals surface area contributed by atoms with Crippen LogP contribution in [0.5, 0.6) is 0 Å². The van der Waals surface area contributed by atoms with E-state index in [-0.39, 0.29) is 6.42 Å². The van der Waals surface area contributed by atoms with Crippen molar-refractivity contribution in [2.24, 2.45) is 0 Å². The molecule has 0 bridgehead atoms.